The lowest BCUT2D eigenvalue weighted by Crippen LogP contribution is -2.43. The van der Waals surface area contributed by atoms with Crippen LogP contribution in [0.25, 0.3) is 0 Å². The first-order chi connectivity index (χ1) is 8.56. The Morgan fingerprint density at radius 3 is 2.67 bits per heavy atom. The molecule has 1 fully saturated rings. The van der Waals surface area contributed by atoms with Crippen molar-refractivity contribution in [2.75, 3.05) is 20.1 Å². The molecule has 0 saturated carbocycles. The van der Waals surface area contributed by atoms with Crippen molar-refractivity contribution in [3.8, 4) is 0 Å². The Kier molecular flexibility index (Phi) is 4.25. The minimum Gasteiger partial charge on any atom is -0.349 e. The van der Waals surface area contributed by atoms with Crippen LogP contribution in [0.3, 0.4) is 0 Å². The molecule has 1 saturated heterocycles. The first kappa shape index (κ1) is 13.4. The van der Waals surface area contributed by atoms with Gasteiger partial charge in [-0.15, -0.1) is 0 Å². The van der Waals surface area contributed by atoms with Crippen molar-refractivity contribution in [3.05, 3.63) is 34.3 Å². The molecule has 0 atom stereocenters. The SMILES string of the molecule is Cc1ccc(C(=O)NC2CCN(C)CC2)cc1Cl. The highest BCUT2D eigenvalue weighted by atomic mass is 35.5. The zero-order valence-corrected chi connectivity index (χ0v) is 11.6. The zero-order valence-electron chi connectivity index (χ0n) is 10.9. The van der Waals surface area contributed by atoms with E-state index in [2.05, 4.69) is 17.3 Å². The van der Waals surface area contributed by atoms with Gasteiger partial charge in [-0.1, -0.05) is 17.7 Å². The molecule has 0 radical (unpaired) electrons. The highest BCUT2D eigenvalue weighted by molar-refractivity contribution is 6.31. The van der Waals surface area contributed by atoms with Gasteiger partial charge in [0.1, 0.15) is 0 Å². The van der Waals surface area contributed by atoms with Crippen LogP contribution in [0.1, 0.15) is 28.8 Å². The van der Waals surface area contributed by atoms with Crippen LogP contribution in [-0.4, -0.2) is 37.0 Å². The number of nitrogens with one attached hydrogen (secondary N) is 1. The molecule has 3 nitrogen and oxygen atoms in total. The van der Waals surface area contributed by atoms with Gasteiger partial charge < -0.3 is 10.2 Å². The van der Waals surface area contributed by atoms with Gasteiger partial charge in [-0.2, -0.15) is 0 Å². The molecule has 18 heavy (non-hydrogen) atoms. The normalized spacial score (nSPS) is 17.7. The lowest BCUT2D eigenvalue weighted by molar-refractivity contribution is 0.0917. The van der Waals surface area contributed by atoms with Crippen LogP contribution in [-0.2, 0) is 0 Å². The molecular formula is C14H19ClN2O. The maximum atomic E-state index is 12.1. The number of hydrogen-bond acceptors (Lipinski definition) is 2. The van der Waals surface area contributed by atoms with Gasteiger partial charge in [0.05, 0.1) is 0 Å². The third kappa shape index (κ3) is 3.24. The quantitative estimate of drug-likeness (QED) is 0.892. The summed E-state index contributed by atoms with van der Waals surface area (Å²) in [6, 6.07) is 5.73. The van der Waals surface area contributed by atoms with E-state index in [0.717, 1.165) is 31.5 Å². The van der Waals surface area contributed by atoms with Gasteiger partial charge in [0.15, 0.2) is 0 Å². The van der Waals surface area contributed by atoms with E-state index >= 15 is 0 Å². The van der Waals surface area contributed by atoms with E-state index in [1.54, 1.807) is 6.07 Å². The number of nitrogens with zero attached hydrogens (tertiary/aromatic N) is 1. The van der Waals surface area contributed by atoms with Crippen LogP contribution in [0.15, 0.2) is 18.2 Å². The summed E-state index contributed by atoms with van der Waals surface area (Å²) in [5, 5.41) is 3.72. The van der Waals surface area contributed by atoms with Gasteiger partial charge >= 0.3 is 0 Å². The lowest BCUT2D eigenvalue weighted by atomic mass is 10.0. The van der Waals surface area contributed by atoms with E-state index in [1.165, 1.54) is 0 Å². The minimum atomic E-state index is -0.0218. The predicted octanol–water partition coefficient (Wildman–Crippen LogP) is 2.47. The standard InChI is InChI=1S/C14H19ClN2O/c1-10-3-4-11(9-13(10)15)14(18)16-12-5-7-17(2)8-6-12/h3-4,9,12H,5-8H2,1-2H3,(H,16,18). The summed E-state index contributed by atoms with van der Waals surface area (Å²) in [6.07, 6.45) is 2.03. The molecule has 0 spiro atoms. The molecule has 1 N–H and O–H groups in total. The Labute approximate surface area is 113 Å². The number of carbonyl (C=O) groups is 1. The summed E-state index contributed by atoms with van der Waals surface area (Å²) in [5.41, 5.74) is 1.64. The molecular weight excluding hydrogens is 248 g/mol. The summed E-state index contributed by atoms with van der Waals surface area (Å²) in [6.45, 7) is 4.01. The summed E-state index contributed by atoms with van der Waals surface area (Å²) < 4.78 is 0. The molecule has 0 bridgehead atoms. The van der Waals surface area contributed by atoms with Gasteiger partial charge in [0, 0.05) is 16.6 Å². The third-order valence-corrected chi connectivity index (χ3v) is 3.90. The van der Waals surface area contributed by atoms with Gasteiger partial charge in [-0.05, 0) is 57.6 Å². The molecule has 0 aliphatic carbocycles. The number of hydrogen-bond donors (Lipinski definition) is 1. The van der Waals surface area contributed by atoms with Crippen molar-refractivity contribution < 1.29 is 4.79 Å². The highest BCUT2D eigenvalue weighted by Gasteiger charge is 2.19. The van der Waals surface area contributed by atoms with E-state index in [9.17, 15) is 4.79 Å². The molecule has 1 amide bonds. The Bertz CT molecular complexity index is 439. The maximum absolute atomic E-state index is 12.1. The number of carbonyl (C=O) groups excluding carboxylic acids is 1. The molecule has 1 aromatic rings. The second-order valence-electron chi connectivity index (χ2n) is 5.01. The smallest absolute Gasteiger partial charge is 0.251 e. The number of piperidine rings is 1. The lowest BCUT2D eigenvalue weighted by Gasteiger charge is -2.29. The molecule has 98 valence electrons. The molecule has 1 aromatic carbocycles. The molecule has 2 rings (SSSR count). The first-order valence-electron chi connectivity index (χ1n) is 6.32. The summed E-state index contributed by atoms with van der Waals surface area (Å²) >= 11 is 6.03. The number of amides is 1. The topological polar surface area (TPSA) is 32.3 Å². The van der Waals surface area contributed by atoms with Crippen LogP contribution >= 0.6 is 11.6 Å². The Morgan fingerprint density at radius 1 is 1.39 bits per heavy atom. The number of aryl methyl sites for hydroxylation is 1. The van der Waals surface area contributed by atoms with E-state index in [0.29, 0.717) is 10.6 Å². The van der Waals surface area contributed by atoms with Gasteiger partial charge in [0.2, 0.25) is 0 Å². The summed E-state index contributed by atoms with van der Waals surface area (Å²) in [7, 11) is 2.11. The third-order valence-electron chi connectivity index (χ3n) is 3.49. The van der Waals surface area contributed by atoms with Gasteiger partial charge in [-0.25, -0.2) is 0 Å². The average Bonchev–Trinajstić information content (AvgIpc) is 2.35. The Balaban J connectivity index is 1.97. The molecule has 1 heterocycles. The van der Waals surface area contributed by atoms with E-state index in [1.807, 2.05) is 19.1 Å². The second-order valence-corrected chi connectivity index (χ2v) is 5.42. The fourth-order valence-corrected chi connectivity index (χ4v) is 2.34. The number of likely N-dealkylation sites (tertiary alicyclic amines) is 1. The predicted molar refractivity (Wildman–Crippen MR) is 74.2 cm³/mol. The van der Waals surface area contributed by atoms with Crippen molar-refractivity contribution >= 4 is 17.5 Å². The van der Waals surface area contributed by atoms with Crippen LogP contribution in [0.5, 0.6) is 0 Å². The number of benzene rings is 1. The molecule has 0 unspecified atom stereocenters. The van der Waals surface area contributed by atoms with E-state index in [4.69, 9.17) is 11.6 Å². The fraction of sp³-hybridized carbons (Fsp3) is 0.500. The highest BCUT2D eigenvalue weighted by Crippen LogP contribution is 2.17. The Morgan fingerprint density at radius 2 is 2.06 bits per heavy atom. The van der Waals surface area contributed by atoms with Gasteiger partial charge in [-0.3, -0.25) is 4.79 Å². The molecule has 1 aliphatic heterocycles. The maximum Gasteiger partial charge on any atom is 0.251 e. The summed E-state index contributed by atoms with van der Waals surface area (Å²) in [5.74, 6) is -0.0218. The zero-order chi connectivity index (χ0) is 13.1. The van der Waals surface area contributed by atoms with Crippen molar-refractivity contribution in [1.82, 2.24) is 10.2 Å². The van der Waals surface area contributed by atoms with Crippen LogP contribution in [0.4, 0.5) is 0 Å². The van der Waals surface area contributed by atoms with Crippen molar-refractivity contribution in [1.29, 1.82) is 0 Å². The fourth-order valence-electron chi connectivity index (χ4n) is 2.16. The molecule has 4 heteroatoms. The monoisotopic (exact) mass is 266 g/mol. The van der Waals surface area contributed by atoms with Crippen molar-refractivity contribution in [2.45, 2.75) is 25.8 Å². The number of halogens is 1. The Hall–Kier alpha value is -1.06. The molecule has 0 aromatic heterocycles. The average molecular weight is 267 g/mol. The van der Waals surface area contributed by atoms with Crippen LogP contribution in [0, 0.1) is 6.92 Å². The van der Waals surface area contributed by atoms with Gasteiger partial charge in [0.25, 0.3) is 5.91 Å². The van der Waals surface area contributed by atoms with E-state index < -0.39 is 0 Å². The largest absolute Gasteiger partial charge is 0.349 e. The minimum absolute atomic E-state index is 0.0218. The van der Waals surface area contributed by atoms with Crippen LogP contribution in [0.2, 0.25) is 5.02 Å². The van der Waals surface area contributed by atoms with E-state index in [-0.39, 0.29) is 11.9 Å². The second kappa shape index (κ2) is 5.72. The first-order valence-corrected chi connectivity index (χ1v) is 6.69. The molecule has 1 aliphatic rings. The van der Waals surface area contributed by atoms with Crippen LogP contribution < -0.4 is 5.32 Å². The van der Waals surface area contributed by atoms with Crippen molar-refractivity contribution in [2.24, 2.45) is 0 Å². The number of rotatable bonds is 2. The summed E-state index contributed by atoms with van der Waals surface area (Å²) in [4.78, 5) is 14.4. The van der Waals surface area contributed by atoms with Crippen molar-refractivity contribution in [3.63, 3.8) is 0 Å².